The second-order valence-corrected chi connectivity index (χ2v) is 4.84. The second kappa shape index (κ2) is 5.48. The quantitative estimate of drug-likeness (QED) is 0.834. The maximum absolute atomic E-state index is 13.9. The van der Waals surface area contributed by atoms with Crippen LogP contribution in [-0.2, 0) is 0 Å². The number of Topliss-reactive ketones (excluding diaryl/α,β-unsaturated/α-hetero) is 1. The normalized spacial score (nSPS) is 19.3. The van der Waals surface area contributed by atoms with E-state index >= 15 is 0 Å². The summed E-state index contributed by atoms with van der Waals surface area (Å²) in [4.78, 5) is 13.1. The third kappa shape index (κ3) is 2.70. The van der Waals surface area contributed by atoms with Gasteiger partial charge in [0.05, 0.1) is 5.69 Å². The van der Waals surface area contributed by atoms with E-state index in [9.17, 15) is 9.18 Å². The van der Waals surface area contributed by atoms with E-state index in [0.717, 1.165) is 25.9 Å². The minimum atomic E-state index is -0.340. The van der Waals surface area contributed by atoms with Gasteiger partial charge in [-0.25, -0.2) is 4.39 Å². The first kappa shape index (κ1) is 13.0. The van der Waals surface area contributed by atoms with Crippen LogP contribution in [0.15, 0.2) is 18.2 Å². The van der Waals surface area contributed by atoms with Crippen LogP contribution < -0.4 is 4.90 Å². The molecule has 1 heterocycles. The molecule has 0 aliphatic carbocycles. The Morgan fingerprint density at radius 2 is 2.33 bits per heavy atom. The molecule has 1 unspecified atom stereocenters. The molecule has 98 valence electrons. The lowest BCUT2D eigenvalue weighted by molar-refractivity contribution is 0.101. The van der Waals surface area contributed by atoms with Gasteiger partial charge >= 0.3 is 0 Å². The highest BCUT2D eigenvalue weighted by Gasteiger charge is 2.24. The van der Waals surface area contributed by atoms with Gasteiger partial charge in [0.15, 0.2) is 5.78 Å². The Bertz CT molecular complexity index is 447. The van der Waals surface area contributed by atoms with Crippen molar-refractivity contribution in [2.45, 2.75) is 19.8 Å². The summed E-state index contributed by atoms with van der Waals surface area (Å²) in [6, 6.07) is 4.64. The Morgan fingerprint density at radius 1 is 1.56 bits per heavy atom. The topological polar surface area (TPSA) is 40.5 Å². The first-order chi connectivity index (χ1) is 8.61. The number of rotatable bonds is 4. The lowest BCUT2D eigenvalue weighted by Crippen LogP contribution is -2.21. The highest BCUT2D eigenvalue weighted by atomic mass is 19.1. The zero-order chi connectivity index (χ0) is 13.1. The minimum Gasteiger partial charge on any atom is -0.396 e. The Labute approximate surface area is 106 Å². The summed E-state index contributed by atoms with van der Waals surface area (Å²) in [5, 5.41) is 8.91. The number of aliphatic hydroxyl groups excluding tert-OH is 1. The van der Waals surface area contributed by atoms with E-state index in [-0.39, 0.29) is 18.2 Å². The number of aliphatic hydroxyl groups is 1. The molecule has 1 aromatic rings. The number of halogens is 1. The molecule has 0 spiro atoms. The number of anilines is 1. The summed E-state index contributed by atoms with van der Waals surface area (Å²) in [6.45, 7) is 3.20. The van der Waals surface area contributed by atoms with E-state index in [4.69, 9.17) is 5.11 Å². The largest absolute Gasteiger partial charge is 0.396 e. The van der Waals surface area contributed by atoms with Crippen LogP contribution in [0.25, 0.3) is 0 Å². The highest BCUT2D eigenvalue weighted by molar-refractivity contribution is 5.94. The van der Waals surface area contributed by atoms with Crippen molar-refractivity contribution in [1.29, 1.82) is 0 Å². The van der Waals surface area contributed by atoms with Gasteiger partial charge in [0, 0.05) is 25.3 Å². The molecule has 1 aromatic carbocycles. The molecule has 18 heavy (non-hydrogen) atoms. The van der Waals surface area contributed by atoms with Crippen LogP contribution in [0, 0.1) is 11.7 Å². The van der Waals surface area contributed by atoms with Crippen LogP contribution in [0.1, 0.15) is 30.1 Å². The van der Waals surface area contributed by atoms with Gasteiger partial charge in [-0.2, -0.15) is 0 Å². The van der Waals surface area contributed by atoms with E-state index < -0.39 is 0 Å². The second-order valence-electron chi connectivity index (χ2n) is 4.84. The molecule has 1 aliphatic rings. The molecule has 1 aliphatic heterocycles. The molecule has 4 heteroatoms. The molecule has 1 saturated heterocycles. The predicted molar refractivity (Wildman–Crippen MR) is 68.4 cm³/mol. The lowest BCUT2D eigenvalue weighted by atomic mass is 10.1. The standard InChI is InChI=1S/C14H18FNO2/c1-10(18)12-2-3-14(13(15)8-12)16-6-4-11(9-16)5-7-17/h2-3,8,11,17H,4-7,9H2,1H3. The van der Waals surface area contributed by atoms with Crippen LogP contribution in [0.5, 0.6) is 0 Å². The van der Waals surface area contributed by atoms with Crippen molar-refractivity contribution >= 4 is 11.5 Å². The van der Waals surface area contributed by atoms with Crippen molar-refractivity contribution in [3.05, 3.63) is 29.6 Å². The van der Waals surface area contributed by atoms with Gasteiger partial charge in [-0.3, -0.25) is 4.79 Å². The fourth-order valence-electron chi connectivity index (χ4n) is 2.45. The summed E-state index contributed by atoms with van der Waals surface area (Å²) in [7, 11) is 0. The average molecular weight is 251 g/mol. The summed E-state index contributed by atoms with van der Waals surface area (Å²) >= 11 is 0. The molecule has 0 amide bonds. The third-order valence-corrected chi connectivity index (χ3v) is 3.52. The van der Waals surface area contributed by atoms with Gasteiger partial charge < -0.3 is 10.0 Å². The summed E-state index contributed by atoms with van der Waals surface area (Å²) < 4.78 is 13.9. The van der Waals surface area contributed by atoms with Crippen LogP contribution >= 0.6 is 0 Å². The van der Waals surface area contributed by atoms with Crippen LogP contribution in [0.4, 0.5) is 10.1 Å². The smallest absolute Gasteiger partial charge is 0.159 e. The number of ketones is 1. The van der Waals surface area contributed by atoms with E-state index in [1.165, 1.54) is 13.0 Å². The molecular formula is C14H18FNO2. The lowest BCUT2D eigenvalue weighted by Gasteiger charge is -2.19. The number of hydrogen-bond acceptors (Lipinski definition) is 3. The van der Waals surface area contributed by atoms with E-state index in [0.29, 0.717) is 17.2 Å². The Morgan fingerprint density at radius 3 is 2.94 bits per heavy atom. The van der Waals surface area contributed by atoms with Gasteiger partial charge in [-0.1, -0.05) is 0 Å². The SMILES string of the molecule is CC(=O)c1ccc(N2CCC(CCO)C2)c(F)c1. The van der Waals surface area contributed by atoms with Crippen LogP contribution in [0.2, 0.25) is 0 Å². The molecule has 0 radical (unpaired) electrons. The molecule has 2 rings (SSSR count). The Balaban J connectivity index is 2.12. The number of benzene rings is 1. The monoisotopic (exact) mass is 251 g/mol. The molecule has 1 N–H and O–H groups in total. The van der Waals surface area contributed by atoms with Gasteiger partial charge in [-0.15, -0.1) is 0 Å². The van der Waals surface area contributed by atoms with Crippen molar-refractivity contribution in [2.24, 2.45) is 5.92 Å². The fraction of sp³-hybridized carbons (Fsp3) is 0.500. The number of hydrogen-bond donors (Lipinski definition) is 1. The number of carbonyl (C=O) groups is 1. The van der Waals surface area contributed by atoms with Gasteiger partial charge in [-0.05, 0) is 43.9 Å². The first-order valence-corrected chi connectivity index (χ1v) is 6.28. The van der Waals surface area contributed by atoms with Crippen molar-refractivity contribution in [1.82, 2.24) is 0 Å². The van der Waals surface area contributed by atoms with Gasteiger partial charge in [0.25, 0.3) is 0 Å². The van der Waals surface area contributed by atoms with Gasteiger partial charge in [0.2, 0.25) is 0 Å². The van der Waals surface area contributed by atoms with Crippen molar-refractivity contribution < 1.29 is 14.3 Å². The zero-order valence-electron chi connectivity index (χ0n) is 10.5. The fourth-order valence-corrected chi connectivity index (χ4v) is 2.45. The van der Waals surface area contributed by atoms with Crippen molar-refractivity contribution in [3.63, 3.8) is 0 Å². The molecule has 1 fully saturated rings. The maximum Gasteiger partial charge on any atom is 0.159 e. The number of carbonyl (C=O) groups excluding carboxylic acids is 1. The van der Waals surface area contributed by atoms with Gasteiger partial charge in [0.1, 0.15) is 5.82 Å². The zero-order valence-corrected chi connectivity index (χ0v) is 10.5. The average Bonchev–Trinajstić information content (AvgIpc) is 2.77. The summed E-state index contributed by atoms with van der Waals surface area (Å²) in [5.74, 6) is -0.0331. The maximum atomic E-state index is 13.9. The van der Waals surface area contributed by atoms with Crippen LogP contribution in [0.3, 0.4) is 0 Å². The Hall–Kier alpha value is -1.42. The molecule has 1 atom stereocenters. The van der Waals surface area contributed by atoms with Crippen molar-refractivity contribution in [3.8, 4) is 0 Å². The highest BCUT2D eigenvalue weighted by Crippen LogP contribution is 2.28. The molecule has 0 saturated carbocycles. The molecule has 0 aromatic heterocycles. The minimum absolute atomic E-state index is 0.125. The van der Waals surface area contributed by atoms with E-state index in [1.54, 1.807) is 12.1 Å². The predicted octanol–water partition coefficient (Wildman–Crippen LogP) is 2.24. The Kier molecular flexibility index (Phi) is 3.97. The van der Waals surface area contributed by atoms with Crippen LogP contribution in [-0.4, -0.2) is 30.6 Å². The van der Waals surface area contributed by atoms with Crippen molar-refractivity contribution in [2.75, 3.05) is 24.6 Å². The summed E-state index contributed by atoms with van der Waals surface area (Å²) in [5.41, 5.74) is 0.961. The van der Waals surface area contributed by atoms with E-state index in [2.05, 4.69) is 0 Å². The van der Waals surface area contributed by atoms with E-state index in [1.807, 2.05) is 4.90 Å². The summed E-state index contributed by atoms with van der Waals surface area (Å²) in [6.07, 6.45) is 1.75. The molecular weight excluding hydrogens is 233 g/mol. The number of nitrogens with zero attached hydrogens (tertiary/aromatic N) is 1. The first-order valence-electron chi connectivity index (χ1n) is 6.28. The molecule has 0 bridgehead atoms. The molecule has 3 nitrogen and oxygen atoms in total. The third-order valence-electron chi connectivity index (χ3n) is 3.52.